The first-order valence-electron chi connectivity index (χ1n) is 13.5. The lowest BCUT2D eigenvalue weighted by molar-refractivity contribution is 0.0170. The van der Waals surface area contributed by atoms with Crippen molar-refractivity contribution in [3.05, 3.63) is 83.7 Å². The third kappa shape index (κ3) is 5.52. The number of amides is 1. The zero-order chi connectivity index (χ0) is 25.8. The van der Waals surface area contributed by atoms with Gasteiger partial charge >= 0.3 is 0 Å². The molecule has 2 fully saturated rings. The maximum Gasteiger partial charge on any atom is 0.257 e. The van der Waals surface area contributed by atoms with Crippen LogP contribution in [0.2, 0.25) is 0 Å². The number of carbonyl (C=O) groups is 1. The Morgan fingerprint density at radius 2 is 1.65 bits per heavy atom. The van der Waals surface area contributed by atoms with Gasteiger partial charge < -0.3 is 9.80 Å². The van der Waals surface area contributed by atoms with E-state index in [0.717, 1.165) is 69.8 Å². The van der Waals surface area contributed by atoms with Crippen LogP contribution in [0.5, 0.6) is 0 Å². The molecule has 7 heteroatoms. The molecule has 0 spiro atoms. The lowest BCUT2D eigenvalue weighted by Gasteiger charge is -2.50. The number of likely N-dealkylation sites (tertiary alicyclic amines) is 2. The van der Waals surface area contributed by atoms with E-state index in [1.165, 1.54) is 17.6 Å². The van der Waals surface area contributed by atoms with Crippen LogP contribution < -0.4 is 4.90 Å². The number of carbonyl (C=O) groups excluding carboxylic acids is 1. The van der Waals surface area contributed by atoms with Crippen molar-refractivity contribution in [3.8, 4) is 0 Å². The second kappa shape index (κ2) is 11.0. The van der Waals surface area contributed by atoms with Gasteiger partial charge in [-0.25, -0.2) is 9.97 Å². The van der Waals surface area contributed by atoms with E-state index in [4.69, 9.17) is 0 Å². The predicted octanol–water partition coefficient (Wildman–Crippen LogP) is 4.65. The van der Waals surface area contributed by atoms with E-state index >= 15 is 0 Å². The Morgan fingerprint density at radius 3 is 2.27 bits per heavy atom. The molecule has 194 valence electrons. The highest BCUT2D eigenvalue weighted by Crippen LogP contribution is 2.34. The summed E-state index contributed by atoms with van der Waals surface area (Å²) in [6.45, 7) is 10.8. The first kappa shape index (κ1) is 25.3. The molecule has 0 radical (unpaired) electrons. The molecule has 7 nitrogen and oxygen atoms in total. The molecule has 1 aromatic carbocycles. The Balaban J connectivity index is 1.22. The summed E-state index contributed by atoms with van der Waals surface area (Å²) in [5, 5.41) is 0. The molecular formula is C30H38N6O. The van der Waals surface area contributed by atoms with Gasteiger partial charge in [-0.1, -0.05) is 24.3 Å². The Kier molecular flexibility index (Phi) is 7.51. The number of anilines is 1. The van der Waals surface area contributed by atoms with E-state index in [0.29, 0.717) is 11.6 Å². The second-order valence-corrected chi connectivity index (χ2v) is 10.8. The normalized spacial score (nSPS) is 18.5. The predicted molar refractivity (Wildman–Crippen MR) is 147 cm³/mol. The first-order valence-corrected chi connectivity index (χ1v) is 13.5. The number of hydrogen-bond donors (Lipinski definition) is 0. The van der Waals surface area contributed by atoms with Gasteiger partial charge in [0.1, 0.15) is 6.33 Å². The quantitative estimate of drug-likeness (QED) is 0.493. The zero-order valence-corrected chi connectivity index (χ0v) is 22.3. The van der Waals surface area contributed by atoms with E-state index in [2.05, 4.69) is 68.1 Å². The lowest BCUT2D eigenvalue weighted by atomic mass is 9.85. The minimum absolute atomic E-state index is 0.0743. The number of piperidine rings is 2. The molecule has 0 bridgehead atoms. The van der Waals surface area contributed by atoms with Gasteiger partial charge in [0.2, 0.25) is 0 Å². The maximum absolute atomic E-state index is 13.3. The molecule has 2 aliphatic heterocycles. The van der Waals surface area contributed by atoms with Crippen molar-refractivity contribution in [2.75, 3.05) is 31.1 Å². The Labute approximate surface area is 220 Å². The van der Waals surface area contributed by atoms with Crippen molar-refractivity contribution in [2.45, 2.75) is 64.6 Å². The van der Waals surface area contributed by atoms with Crippen molar-refractivity contribution in [2.24, 2.45) is 0 Å². The van der Waals surface area contributed by atoms with Gasteiger partial charge in [-0.05, 0) is 70.2 Å². The molecule has 5 rings (SSSR count). The summed E-state index contributed by atoms with van der Waals surface area (Å²) < 4.78 is 0. The van der Waals surface area contributed by atoms with Crippen LogP contribution in [-0.2, 0) is 6.54 Å². The number of para-hydroxylation sites is 1. The third-order valence-corrected chi connectivity index (χ3v) is 8.40. The van der Waals surface area contributed by atoms with Crippen LogP contribution in [0.4, 0.5) is 5.69 Å². The molecule has 37 heavy (non-hydrogen) atoms. The SMILES string of the molecule is Cc1ncnc(C)c1C(=O)N1CCC(C)(N2CCC(N(Cc3cccnc3)c3ccccc3)CC2)CC1. The zero-order valence-electron chi connectivity index (χ0n) is 22.3. The lowest BCUT2D eigenvalue weighted by Crippen LogP contribution is -2.58. The number of hydrogen-bond acceptors (Lipinski definition) is 6. The van der Waals surface area contributed by atoms with Crippen molar-refractivity contribution < 1.29 is 4.79 Å². The van der Waals surface area contributed by atoms with Gasteiger partial charge in [-0.2, -0.15) is 0 Å². The van der Waals surface area contributed by atoms with Crippen molar-refractivity contribution >= 4 is 11.6 Å². The molecule has 0 unspecified atom stereocenters. The highest BCUT2D eigenvalue weighted by atomic mass is 16.2. The third-order valence-electron chi connectivity index (χ3n) is 8.40. The molecule has 3 aromatic rings. The smallest absolute Gasteiger partial charge is 0.257 e. The summed E-state index contributed by atoms with van der Waals surface area (Å²) in [7, 11) is 0. The fourth-order valence-electron chi connectivity index (χ4n) is 6.02. The summed E-state index contributed by atoms with van der Waals surface area (Å²) in [4.78, 5) is 33.3. The molecule has 0 aliphatic carbocycles. The molecule has 0 atom stereocenters. The number of aryl methyl sites for hydroxylation is 2. The summed E-state index contributed by atoms with van der Waals surface area (Å²) in [5.74, 6) is 0.0743. The second-order valence-electron chi connectivity index (χ2n) is 10.8. The number of benzene rings is 1. The van der Waals surface area contributed by atoms with Crippen molar-refractivity contribution in [3.63, 3.8) is 0 Å². The van der Waals surface area contributed by atoms with Gasteiger partial charge in [0.05, 0.1) is 17.0 Å². The van der Waals surface area contributed by atoms with E-state index in [9.17, 15) is 4.79 Å². The minimum Gasteiger partial charge on any atom is -0.364 e. The monoisotopic (exact) mass is 498 g/mol. The number of pyridine rings is 1. The Hall–Kier alpha value is -3.32. The van der Waals surface area contributed by atoms with E-state index in [1.807, 2.05) is 37.2 Å². The molecule has 1 amide bonds. The van der Waals surface area contributed by atoms with Crippen LogP contribution in [0.1, 0.15) is 59.9 Å². The van der Waals surface area contributed by atoms with Crippen LogP contribution in [-0.4, -0.2) is 68.4 Å². The highest BCUT2D eigenvalue weighted by molar-refractivity contribution is 5.96. The summed E-state index contributed by atoms with van der Waals surface area (Å²) in [6.07, 6.45) is 9.60. The minimum atomic E-state index is 0.0743. The van der Waals surface area contributed by atoms with Gasteiger partial charge in [0, 0.05) is 62.4 Å². The largest absolute Gasteiger partial charge is 0.364 e. The summed E-state index contributed by atoms with van der Waals surface area (Å²) >= 11 is 0. The van der Waals surface area contributed by atoms with E-state index < -0.39 is 0 Å². The summed E-state index contributed by atoms with van der Waals surface area (Å²) in [6, 6.07) is 15.5. The topological polar surface area (TPSA) is 65.5 Å². The van der Waals surface area contributed by atoms with E-state index in [-0.39, 0.29) is 11.4 Å². The van der Waals surface area contributed by atoms with Crippen molar-refractivity contribution in [1.29, 1.82) is 0 Å². The molecule has 0 N–H and O–H groups in total. The number of nitrogens with zero attached hydrogens (tertiary/aromatic N) is 6. The number of rotatable bonds is 6. The fraction of sp³-hybridized carbons (Fsp3) is 0.467. The highest BCUT2D eigenvalue weighted by Gasteiger charge is 2.39. The molecular weight excluding hydrogens is 460 g/mol. The Morgan fingerprint density at radius 1 is 0.973 bits per heavy atom. The van der Waals surface area contributed by atoms with Crippen LogP contribution in [0.25, 0.3) is 0 Å². The van der Waals surface area contributed by atoms with Crippen LogP contribution in [0, 0.1) is 13.8 Å². The Bertz CT molecular complexity index is 1160. The first-order chi connectivity index (χ1) is 17.9. The van der Waals surface area contributed by atoms with Crippen LogP contribution in [0.3, 0.4) is 0 Å². The molecule has 0 saturated carbocycles. The molecule has 2 aliphatic rings. The fourth-order valence-corrected chi connectivity index (χ4v) is 6.02. The van der Waals surface area contributed by atoms with E-state index in [1.54, 1.807) is 0 Å². The standard InChI is InChI=1S/C30H38N6O/c1-23-28(24(2)33-22-32-23)29(37)34-18-13-30(3,14-19-34)35-16-11-27(12-17-35)36(26-9-5-4-6-10-26)21-25-8-7-15-31-20-25/h4-10,15,20,22,27H,11-14,16-19,21H2,1-3H3. The summed E-state index contributed by atoms with van der Waals surface area (Å²) in [5.41, 5.74) is 4.84. The van der Waals surface area contributed by atoms with Gasteiger partial charge in [0.15, 0.2) is 0 Å². The average Bonchev–Trinajstić information content (AvgIpc) is 2.93. The molecule has 2 saturated heterocycles. The van der Waals surface area contributed by atoms with Gasteiger partial charge in [-0.15, -0.1) is 0 Å². The van der Waals surface area contributed by atoms with Gasteiger partial charge in [0.25, 0.3) is 5.91 Å². The van der Waals surface area contributed by atoms with Crippen LogP contribution in [0.15, 0.2) is 61.2 Å². The molecule has 2 aromatic heterocycles. The number of aromatic nitrogens is 3. The maximum atomic E-state index is 13.3. The van der Waals surface area contributed by atoms with Gasteiger partial charge in [-0.3, -0.25) is 14.7 Å². The van der Waals surface area contributed by atoms with Crippen LogP contribution >= 0.6 is 0 Å². The van der Waals surface area contributed by atoms with Crippen molar-refractivity contribution in [1.82, 2.24) is 24.8 Å². The average molecular weight is 499 g/mol. The molecule has 4 heterocycles.